The smallest absolute Gasteiger partial charge is 0.247 e. The van der Waals surface area contributed by atoms with E-state index in [-0.39, 0.29) is 5.56 Å². The zero-order valence-electron chi connectivity index (χ0n) is 16.4. The first-order valence-corrected chi connectivity index (χ1v) is 10.4. The number of aromatic nitrogens is 1. The summed E-state index contributed by atoms with van der Waals surface area (Å²) in [5.74, 6) is 0.750. The van der Waals surface area contributed by atoms with Crippen LogP contribution in [0.3, 0.4) is 0 Å². The molecule has 0 unspecified atom stereocenters. The van der Waals surface area contributed by atoms with Crippen molar-refractivity contribution in [2.75, 3.05) is 31.1 Å². The third-order valence-electron chi connectivity index (χ3n) is 6.40. The lowest BCUT2D eigenvalue weighted by Crippen LogP contribution is -2.48. The van der Waals surface area contributed by atoms with E-state index in [9.17, 15) is 4.79 Å². The van der Waals surface area contributed by atoms with Crippen molar-refractivity contribution in [3.8, 4) is 0 Å². The minimum Gasteiger partial charge on any atom is -0.371 e. The predicted octanol–water partition coefficient (Wildman–Crippen LogP) is 3.61. The van der Waals surface area contributed by atoms with E-state index in [4.69, 9.17) is 0 Å². The summed E-state index contributed by atoms with van der Waals surface area (Å²) >= 11 is 0. The highest BCUT2D eigenvalue weighted by Gasteiger charge is 2.28. The van der Waals surface area contributed by atoms with Crippen molar-refractivity contribution >= 4 is 5.69 Å². The molecule has 4 rings (SSSR count). The Kier molecular flexibility index (Phi) is 5.63. The fraction of sp³-hybridized carbons (Fsp3) is 0.522. The van der Waals surface area contributed by atoms with Gasteiger partial charge >= 0.3 is 0 Å². The number of nitrogens with one attached hydrogen (secondary N) is 1. The van der Waals surface area contributed by atoms with Crippen molar-refractivity contribution < 1.29 is 0 Å². The first-order chi connectivity index (χ1) is 13.2. The van der Waals surface area contributed by atoms with Gasteiger partial charge in [0.2, 0.25) is 5.56 Å². The van der Waals surface area contributed by atoms with Crippen LogP contribution in [0, 0.1) is 12.8 Å². The minimum absolute atomic E-state index is 0.00875. The maximum atomic E-state index is 11.2. The molecule has 0 saturated carbocycles. The zero-order chi connectivity index (χ0) is 18.6. The third kappa shape index (κ3) is 4.62. The molecule has 0 atom stereocenters. The van der Waals surface area contributed by atoms with Crippen molar-refractivity contribution in [1.82, 2.24) is 9.88 Å². The Morgan fingerprint density at radius 3 is 2.26 bits per heavy atom. The highest BCUT2D eigenvalue weighted by molar-refractivity contribution is 5.47. The summed E-state index contributed by atoms with van der Waals surface area (Å²) < 4.78 is 0. The third-order valence-corrected chi connectivity index (χ3v) is 6.40. The monoisotopic (exact) mass is 365 g/mol. The molecule has 27 heavy (non-hydrogen) atoms. The summed E-state index contributed by atoms with van der Waals surface area (Å²) in [6.07, 6.45) is 8.08. The number of H-pyrrole nitrogens is 1. The Morgan fingerprint density at radius 2 is 1.63 bits per heavy atom. The minimum atomic E-state index is -0.00875. The van der Waals surface area contributed by atoms with Crippen LogP contribution < -0.4 is 10.5 Å². The standard InChI is InChI=1S/C23H31N3O/c1-18-2-5-21(6-3-18)26-14-10-22(11-15-26)25-12-8-19(9-13-25)16-20-4-7-23(27)24-17-20/h2-7,17,19,22H,8-16H2,1H3,(H,24,27). The number of aromatic amines is 1. The van der Waals surface area contributed by atoms with Crippen LogP contribution >= 0.6 is 0 Å². The molecule has 1 aromatic carbocycles. The number of hydrogen-bond donors (Lipinski definition) is 1. The molecule has 4 nitrogen and oxygen atoms in total. The second-order valence-corrected chi connectivity index (χ2v) is 8.30. The number of hydrogen-bond acceptors (Lipinski definition) is 3. The lowest BCUT2D eigenvalue weighted by Gasteiger charge is -2.42. The molecule has 2 saturated heterocycles. The summed E-state index contributed by atoms with van der Waals surface area (Å²) in [6, 6.07) is 13.3. The van der Waals surface area contributed by atoms with Gasteiger partial charge in [-0.3, -0.25) is 4.79 Å². The van der Waals surface area contributed by atoms with Gasteiger partial charge in [0.1, 0.15) is 0 Å². The summed E-state index contributed by atoms with van der Waals surface area (Å²) in [6.45, 7) is 6.94. The Bertz CT molecular complexity index is 762. The predicted molar refractivity (Wildman–Crippen MR) is 111 cm³/mol. The molecule has 1 N–H and O–H groups in total. The van der Waals surface area contributed by atoms with Crippen molar-refractivity contribution in [3.05, 3.63) is 64.1 Å². The molecular weight excluding hydrogens is 334 g/mol. The van der Waals surface area contributed by atoms with Gasteiger partial charge in [-0.05, 0) is 75.7 Å². The Hall–Kier alpha value is -2.07. The fourth-order valence-electron chi connectivity index (χ4n) is 4.67. The van der Waals surface area contributed by atoms with Gasteiger partial charge in [-0.15, -0.1) is 0 Å². The Balaban J connectivity index is 1.24. The van der Waals surface area contributed by atoms with Gasteiger partial charge in [-0.25, -0.2) is 0 Å². The molecule has 2 aliphatic rings. The van der Waals surface area contributed by atoms with E-state index in [1.54, 1.807) is 6.07 Å². The summed E-state index contributed by atoms with van der Waals surface area (Å²) in [4.78, 5) is 19.3. The van der Waals surface area contributed by atoms with Gasteiger partial charge in [0.05, 0.1) is 0 Å². The van der Waals surface area contributed by atoms with E-state index in [0.717, 1.165) is 18.4 Å². The van der Waals surface area contributed by atoms with Gasteiger partial charge in [0, 0.05) is 37.1 Å². The molecule has 2 aromatic rings. The van der Waals surface area contributed by atoms with Crippen LogP contribution in [0.25, 0.3) is 0 Å². The van der Waals surface area contributed by atoms with E-state index >= 15 is 0 Å². The number of anilines is 1. The highest BCUT2D eigenvalue weighted by atomic mass is 16.1. The summed E-state index contributed by atoms with van der Waals surface area (Å²) in [5, 5.41) is 0. The lowest BCUT2D eigenvalue weighted by atomic mass is 9.89. The highest BCUT2D eigenvalue weighted by Crippen LogP contribution is 2.27. The van der Waals surface area contributed by atoms with E-state index in [1.165, 1.54) is 68.7 Å². The topological polar surface area (TPSA) is 39.3 Å². The second kappa shape index (κ2) is 8.30. The fourth-order valence-corrected chi connectivity index (χ4v) is 4.67. The van der Waals surface area contributed by atoms with Crippen LogP contribution in [0.15, 0.2) is 47.4 Å². The average Bonchev–Trinajstić information content (AvgIpc) is 2.71. The molecule has 144 valence electrons. The Labute approximate surface area is 162 Å². The van der Waals surface area contributed by atoms with Crippen molar-refractivity contribution in [2.24, 2.45) is 5.92 Å². The quantitative estimate of drug-likeness (QED) is 0.900. The molecule has 2 aliphatic heterocycles. The largest absolute Gasteiger partial charge is 0.371 e. The first-order valence-electron chi connectivity index (χ1n) is 10.4. The molecular formula is C23H31N3O. The van der Waals surface area contributed by atoms with Crippen molar-refractivity contribution in [3.63, 3.8) is 0 Å². The van der Waals surface area contributed by atoms with Crippen LogP contribution in [0.4, 0.5) is 5.69 Å². The van der Waals surface area contributed by atoms with Gasteiger partial charge < -0.3 is 14.8 Å². The second-order valence-electron chi connectivity index (χ2n) is 8.30. The van der Waals surface area contributed by atoms with E-state index in [0.29, 0.717) is 0 Å². The molecule has 0 bridgehead atoms. The number of benzene rings is 1. The van der Waals surface area contributed by atoms with Crippen molar-refractivity contribution in [2.45, 2.75) is 45.1 Å². The van der Waals surface area contributed by atoms with Crippen LogP contribution in [-0.4, -0.2) is 42.1 Å². The number of rotatable bonds is 4. The number of nitrogens with zero attached hydrogens (tertiary/aromatic N) is 2. The summed E-state index contributed by atoms with van der Waals surface area (Å²) in [5.41, 5.74) is 3.96. The number of likely N-dealkylation sites (tertiary alicyclic amines) is 1. The van der Waals surface area contributed by atoms with Gasteiger partial charge in [0.25, 0.3) is 0 Å². The molecule has 0 radical (unpaired) electrons. The number of pyridine rings is 1. The molecule has 2 fully saturated rings. The number of piperidine rings is 2. The normalized spacial score (nSPS) is 20.1. The molecule has 0 spiro atoms. The average molecular weight is 366 g/mol. The maximum Gasteiger partial charge on any atom is 0.247 e. The van der Waals surface area contributed by atoms with Crippen LogP contribution in [0.2, 0.25) is 0 Å². The molecule has 0 amide bonds. The van der Waals surface area contributed by atoms with E-state index in [2.05, 4.69) is 46.0 Å². The molecule has 3 heterocycles. The van der Waals surface area contributed by atoms with Gasteiger partial charge in [-0.2, -0.15) is 0 Å². The molecule has 1 aromatic heterocycles. The van der Waals surface area contributed by atoms with E-state index < -0.39 is 0 Å². The summed E-state index contributed by atoms with van der Waals surface area (Å²) in [7, 11) is 0. The van der Waals surface area contributed by atoms with Crippen LogP contribution in [-0.2, 0) is 6.42 Å². The van der Waals surface area contributed by atoms with Gasteiger partial charge in [-0.1, -0.05) is 23.8 Å². The first kappa shape index (κ1) is 18.3. The maximum absolute atomic E-state index is 11.2. The zero-order valence-corrected chi connectivity index (χ0v) is 16.4. The number of aryl methyl sites for hydroxylation is 1. The SMILES string of the molecule is Cc1ccc(N2CCC(N3CCC(Cc4ccc(=O)[nH]c4)CC3)CC2)cc1. The molecule has 0 aliphatic carbocycles. The molecule has 4 heteroatoms. The van der Waals surface area contributed by atoms with Gasteiger partial charge in [0.15, 0.2) is 0 Å². The van der Waals surface area contributed by atoms with Crippen LogP contribution in [0.1, 0.15) is 36.8 Å². The van der Waals surface area contributed by atoms with E-state index in [1.807, 2.05) is 12.3 Å². The lowest BCUT2D eigenvalue weighted by molar-refractivity contribution is 0.115. The Morgan fingerprint density at radius 1 is 0.926 bits per heavy atom. The van der Waals surface area contributed by atoms with Crippen LogP contribution in [0.5, 0.6) is 0 Å². The van der Waals surface area contributed by atoms with Crippen molar-refractivity contribution in [1.29, 1.82) is 0 Å².